The first-order valence-electron chi connectivity index (χ1n) is 7.31. The molecule has 0 saturated carbocycles. The van der Waals surface area contributed by atoms with Crippen LogP contribution in [0.3, 0.4) is 0 Å². The quantitative estimate of drug-likeness (QED) is 0.528. The van der Waals surface area contributed by atoms with Crippen LogP contribution in [0.4, 0.5) is 0 Å². The van der Waals surface area contributed by atoms with Crippen LogP contribution in [0.25, 0.3) is 0 Å². The van der Waals surface area contributed by atoms with E-state index in [1.54, 1.807) is 0 Å². The summed E-state index contributed by atoms with van der Waals surface area (Å²) in [5.74, 6) is 5.12. The van der Waals surface area contributed by atoms with Gasteiger partial charge < -0.3 is 0 Å². The van der Waals surface area contributed by atoms with Gasteiger partial charge in [-0.25, -0.2) is 0 Å². The Hall–Kier alpha value is 0. The van der Waals surface area contributed by atoms with Crippen molar-refractivity contribution in [1.29, 1.82) is 0 Å². The molecule has 0 aromatic rings. The van der Waals surface area contributed by atoms with Crippen LogP contribution in [0.5, 0.6) is 0 Å². The SMILES string of the molecule is CCC(C)C(C)C(C)C(C)C(C)CC(C)C. The fourth-order valence-corrected chi connectivity index (χ4v) is 2.85. The molecule has 0 bridgehead atoms. The predicted octanol–water partition coefficient (Wildman–Crippen LogP) is 5.62. The monoisotopic (exact) mass is 226 g/mol. The van der Waals surface area contributed by atoms with Crippen molar-refractivity contribution < 1.29 is 0 Å². The van der Waals surface area contributed by atoms with Crippen molar-refractivity contribution in [3.05, 3.63) is 0 Å². The second-order valence-electron chi connectivity index (χ2n) is 6.57. The largest absolute Gasteiger partial charge is 0.0651 e. The maximum atomic E-state index is 2.46. The van der Waals surface area contributed by atoms with Crippen LogP contribution in [0, 0.1) is 35.5 Å². The first kappa shape index (κ1) is 16.0. The highest BCUT2D eigenvalue weighted by Gasteiger charge is 2.26. The molecule has 0 N–H and O–H groups in total. The molecule has 0 aliphatic carbocycles. The lowest BCUT2D eigenvalue weighted by Crippen LogP contribution is -2.26. The van der Waals surface area contributed by atoms with Gasteiger partial charge in [0.25, 0.3) is 0 Å². The average Bonchev–Trinajstić information content (AvgIpc) is 2.23. The van der Waals surface area contributed by atoms with Gasteiger partial charge in [-0.3, -0.25) is 0 Å². The van der Waals surface area contributed by atoms with Gasteiger partial charge in [-0.05, 0) is 41.9 Å². The summed E-state index contributed by atoms with van der Waals surface area (Å²) in [7, 11) is 0. The van der Waals surface area contributed by atoms with Crippen LogP contribution in [0.2, 0.25) is 0 Å². The van der Waals surface area contributed by atoms with Crippen LogP contribution >= 0.6 is 0 Å². The summed E-state index contributed by atoms with van der Waals surface area (Å²) in [5.41, 5.74) is 0. The topological polar surface area (TPSA) is 0 Å². The molecule has 0 aliphatic rings. The van der Waals surface area contributed by atoms with Crippen LogP contribution in [0.15, 0.2) is 0 Å². The molecule has 0 fully saturated rings. The van der Waals surface area contributed by atoms with Gasteiger partial charge in [-0.15, -0.1) is 0 Å². The van der Waals surface area contributed by atoms with Crippen molar-refractivity contribution in [3.63, 3.8) is 0 Å². The Morgan fingerprint density at radius 3 is 1.44 bits per heavy atom. The third kappa shape index (κ3) is 4.89. The smallest absolute Gasteiger partial charge is 0.0386 e. The minimum Gasteiger partial charge on any atom is -0.0651 e. The zero-order chi connectivity index (χ0) is 12.9. The number of hydrogen-bond acceptors (Lipinski definition) is 0. The van der Waals surface area contributed by atoms with Gasteiger partial charge in [0.15, 0.2) is 0 Å². The Kier molecular flexibility index (Phi) is 7.35. The van der Waals surface area contributed by atoms with Gasteiger partial charge in [0.2, 0.25) is 0 Å². The zero-order valence-corrected chi connectivity index (χ0v) is 12.9. The van der Waals surface area contributed by atoms with E-state index in [9.17, 15) is 0 Å². The molecule has 16 heavy (non-hydrogen) atoms. The third-order valence-corrected chi connectivity index (χ3v) is 4.94. The summed E-state index contributed by atoms with van der Waals surface area (Å²) in [6.45, 7) is 19.2. The lowest BCUT2D eigenvalue weighted by atomic mass is 9.72. The van der Waals surface area contributed by atoms with Gasteiger partial charge in [-0.2, -0.15) is 0 Å². The van der Waals surface area contributed by atoms with Crippen LogP contribution in [0.1, 0.15) is 68.2 Å². The maximum absolute atomic E-state index is 2.46. The second-order valence-corrected chi connectivity index (χ2v) is 6.57. The molecule has 0 saturated heterocycles. The van der Waals surface area contributed by atoms with Crippen molar-refractivity contribution in [1.82, 2.24) is 0 Å². The molecule has 5 unspecified atom stereocenters. The standard InChI is InChI=1S/C16H34/c1-9-12(4)14(6)16(8)15(7)13(5)10-11(2)3/h11-16H,9-10H2,1-8H3. The highest BCUT2D eigenvalue weighted by molar-refractivity contribution is 4.75. The average molecular weight is 226 g/mol. The molecular weight excluding hydrogens is 192 g/mol. The lowest BCUT2D eigenvalue weighted by Gasteiger charge is -2.34. The molecule has 0 aromatic carbocycles. The maximum Gasteiger partial charge on any atom is -0.0386 e. The number of rotatable bonds is 7. The summed E-state index contributed by atoms with van der Waals surface area (Å²) < 4.78 is 0. The molecule has 5 atom stereocenters. The van der Waals surface area contributed by atoms with Crippen molar-refractivity contribution >= 4 is 0 Å². The van der Waals surface area contributed by atoms with Gasteiger partial charge in [0.05, 0.1) is 0 Å². The van der Waals surface area contributed by atoms with Gasteiger partial charge >= 0.3 is 0 Å². The first-order valence-corrected chi connectivity index (χ1v) is 7.31. The molecule has 0 heteroatoms. The summed E-state index contributed by atoms with van der Waals surface area (Å²) in [6, 6.07) is 0. The fraction of sp³-hybridized carbons (Fsp3) is 1.00. The van der Waals surface area contributed by atoms with Crippen molar-refractivity contribution in [2.75, 3.05) is 0 Å². The minimum atomic E-state index is 0.837. The van der Waals surface area contributed by atoms with E-state index in [2.05, 4.69) is 55.4 Å². The van der Waals surface area contributed by atoms with E-state index in [1.807, 2.05) is 0 Å². The summed E-state index contributed by atoms with van der Waals surface area (Å²) in [4.78, 5) is 0. The van der Waals surface area contributed by atoms with E-state index in [1.165, 1.54) is 12.8 Å². The normalized spacial score (nSPS) is 21.6. The van der Waals surface area contributed by atoms with E-state index in [0.717, 1.165) is 35.5 Å². The third-order valence-electron chi connectivity index (χ3n) is 4.94. The van der Waals surface area contributed by atoms with E-state index in [0.29, 0.717) is 0 Å². The zero-order valence-electron chi connectivity index (χ0n) is 12.9. The molecule has 0 aliphatic heterocycles. The Labute approximate surface area is 104 Å². The Bertz CT molecular complexity index is 171. The first-order chi connectivity index (χ1) is 7.31. The highest BCUT2D eigenvalue weighted by atomic mass is 14.3. The van der Waals surface area contributed by atoms with Crippen LogP contribution in [-0.2, 0) is 0 Å². The fourth-order valence-electron chi connectivity index (χ4n) is 2.85. The van der Waals surface area contributed by atoms with E-state index in [-0.39, 0.29) is 0 Å². The van der Waals surface area contributed by atoms with Crippen molar-refractivity contribution in [2.24, 2.45) is 35.5 Å². The summed E-state index contributed by atoms with van der Waals surface area (Å²) >= 11 is 0. The Balaban J connectivity index is 4.30. The Morgan fingerprint density at radius 2 is 1.06 bits per heavy atom. The predicted molar refractivity (Wildman–Crippen MR) is 75.6 cm³/mol. The number of hydrogen-bond donors (Lipinski definition) is 0. The van der Waals surface area contributed by atoms with Gasteiger partial charge in [-0.1, -0.05) is 61.8 Å². The lowest BCUT2D eigenvalue weighted by molar-refractivity contribution is 0.154. The van der Waals surface area contributed by atoms with E-state index < -0.39 is 0 Å². The molecule has 0 rings (SSSR count). The van der Waals surface area contributed by atoms with Crippen molar-refractivity contribution in [2.45, 2.75) is 68.2 Å². The minimum absolute atomic E-state index is 0.837. The molecule has 0 radical (unpaired) electrons. The molecule has 0 nitrogen and oxygen atoms in total. The van der Waals surface area contributed by atoms with Gasteiger partial charge in [0.1, 0.15) is 0 Å². The summed E-state index contributed by atoms with van der Waals surface area (Å²) in [6.07, 6.45) is 2.69. The van der Waals surface area contributed by atoms with E-state index in [4.69, 9.17) is 0 Å². The van der Waals surface area contributed by atoms with Crippen LogP contribution in [-0.4, -0.2) is 0 Å². The molecule has 98 valence electrons. The second kappa shape index (κ2) is 7.35. The van der Waals surface area contributed by atoms with Crippen LogP contribution < -0.4 is 0 Å². The molecule has 0 aromatic heterocycles. The van der Waals surface area contributed by atoms with Crippen molar-refractivity contribution in [3.8, 4) is 0 Å². The van der Waals surface area contributed by atoms with E-state index >= 15 is 0 Å². The van der Waals surface area contributed by atoms with Gasteiger partial charge in [0, 0.05) is 0 Å². The summed E-state index contributed by atoms with van der Waals surface area (Å²) in [5, 5.41) is 0. The molecule has 0 amide bonds. The molecule has 0 spiro atoms. The Morgan fingerprint density at radius 1 is 0.625 bits per heavy atom. The molecule has 0 heterocycles. The highest BCUT2D eigenvalue weighted by Crippen LogP contribution is 2.34. The molecular formula is C16H34.